The summed E-state index contributed by atoms with van der Waals surface area (Å²) in [6, 6.07) is 20.3. The number of benzene rings is 4. The molecule has 0 spiro atoms. The second-order valence-corrected chi connectivity index (χ2v) is 14.9. The number of aryl methyl sites for hydroxylation is 1. The van der Waals surface area contributed by atoms with Crippen molar-refractivity contribution in [3.05, 3.63) is 128 Å². The normalized spacial score (nSPS) is 13.0. The number of carbonyl (C=O) groups excluding carboxylic acids is 2. The Morgan fingerprint density at radius 1 is 0.880 bits per heavy atom. The molecular weight excluding hydrogens is 734 g/mol. The predicted molar refractivity (Wildman–Crippen MR) is 191 cm³/mol. The summed E-state index contributed by atoms with van der Waals surface area (Å²) >= 11 is 18.5. The van der Waals surface area contributed by atoms with E-state index < -0.39 is 56.9 Å². The van der Waals surface area contributed by atoms with Gasteiger partial charge in [0.15, 0.2) is 0 Å². The van der Waals surface area contributed by atoms with E-state index in [0.29, 0.717) is 32.9 Å². The van der Waals surface area contributed by atoms with Crippen LogP contribution in [0.5, 0.6) is 0 Å². The molecule has 4 aromatic rings. The van der Waals surface area contributed by atoms with Gasteiger partial charge in [-0.1, -0.05) is 95.8 Å². The molecule has 0 aliphatic carbocycles. The van der Waals surface area contributed by atoms with Crippen molar-refractivity contribution in [3.63, 3.8) is 0 Å². The van der Waals surface area contributed by atoms with Crippen LogP contribution in [0.15, 0.2) is 95.9 Å². The lowest BCUT2D eigenvalue weighted by atomic mass is 10.0. The highest BCUT2D eigenvalue weighted by atomic mass is 35.5. The Kier molecular flexibility index (Phi) is 12.9. The highest BCUT2D eigenvalue weighted by molar-refractivity contribution is 7.92. The van der Waals surface area contributed by atoms with Gasteiger partial charge in [0.2, 0.25) is 11.8 Å². The number of alkyl halides is 3. The van der Waals surface area contributed by atoms with Gasteiger partial charge >= 0.3 is 6.18 Å². The van der Waals surface area contributed by atoms with E-state index in [4.69, 9.17) is 34.8 Å². The summed E-state index contributed by atoms with van der Waals surface area (Å²) in [4.78, 5) is 29.5. The number of hydrogen-bond acceptors (Lipinski definition) is 4. The molecule has 0 saturated heterocycles. The maximum Gasteiger partial charge on any atom is 0.417 e. The van der Waals surface area contributed by atoms with Crippen LogP contribution in [0.2, 0.25) is 15.1 Å². The van der Waals surface area contributed by atoms with Crippen LogP contribution in [0.3, 0.4) is 0 Å². The Morgan fingerprint density at radius 3 is 2.14 bits per heavy atom. The summed E-state index contributed by atoms with van der Waals surface area (Å²) in [5, 5.41) is 2.78. The van der Waals surface area contributed by atoms with Gasteiger partial charge in [-0.05, 0) is 73.9 Å². The van der Waals surface area contributed by atoms with Crippen LogP contribution in [0, 0.1) is 6.92 Å². The molecule has 0 saturated carbocycles. The summed E-state index contributed by atoms with van der Waals surface area (Å²) in [5.41, 5.74) is 0.0993. The van der Waals surface area contributed by atoms with E-state index in [1.807, 2.05) is 6.92 Å². The van der Waals surface area contributed by atoms with Crippen molar-refractivity contribution in [2.45, 2.75) is 63.3 Å². The quantitative estimate of drug-likeness (QED) is 0.148. The van der Waals surface area contributed by atoms with Crippen molar-refractivity contribution in [3.8, 4) is 0 Å². The van der Waals surface area contributed by atoms with E-state index in [9.17, 15) is 31.2 Å². The van der Waals surface area contributed by atoms with Crippen molar-refractivity contribution in [1.82, 2.24) is 10.2 Å². The minimum Gasteiger partial charge on any atom is -0.352 e. The number of carbonyl (C=O) groups is 2. The van der Waals surface area contributed by atoms with Gasteiger partial charge in [0, 0.05) is 29.1 Å². The van der Waals surface area contributed by atoms with Gasteiger partial charge in [0.1, 0.15) is 12.6 Å². The number of anilines is 1. The molecule has 2 amide bonds. The lowest BCUT2D eigenvalue weighted by Crippen LogP contribution is -2.54. The van der Waals surface area contributed by atoms with E-state index in [2.05, 4.69) is 5.32 Å². The van der Waals surface area contributed by atoms with Crippen molar-refractivity contribution >= 4 is 62.3 Å². The zero-order chi connectivity index (χ0) is 36.8. The molecule has 0 bridgehead atoms. The zero-order valence-corrected chi connectivity index (χ0v) is 30.4. The average Bonchev–Trinajstić information content (AvgIpc) is 3.06. The number of hydrogen-bond donors (Lipinski definition) is 1. The molecule has 0 aliphatic heterocycles. The third-order valence-electron chi connectivity index (χ3n) is 8.06. The first-order valence-electron chi connectivity index (χ1n) is 15.5. The summed E-state index contributed by atoms with van der Waals surface area (Å²) < 4.78 is 71.0. The summed E-state index contributed by atoms with van der Waals surface area (Å²) in [6.45, 7) is 4.19. The molecular formula is C36H35Cl3F3N3O4S. The van der Waals surface area contributed by atoms with Crippen molar-refractivity contribution in [1.29, 1.82) is 0 Å². The molecule has 0 aliphatic rings. The number of nitrogens with one attached hydrogen (secondary N) is 1. The first kappa shape index (κ1) is 39.0. The van der Waals surface area contributed by atoms with E-state index >= 15 is 0 Å². The number of amides is 2. The van der Waals surface area contributed by atoms with Gasteiger partial charge in [-0.3, -0.25) is 13.9 Å². The van der Waals surface area contributed by atoms with Gasteiger partial charge in [-0.15, -0.1) is 0 Å². The molecule has 2 atom stereocenters. The maximum absolute atomic E-state index is 14.6. The number of halogens is 6. The Morgan fingerprint density at radius 2 is 1.54 bits per heavy atom. The van der Waals surface area contributed by atoms with Crippen molar-refractivity contribution in [2.24, 2.45) is 0 Å². The minimum atomic E-state index is -4.93. The SMILES string of the molecule is CCC(C)NC(=O)C(Cc1ccccc1)N(Cc1ccc(Cl)cc1Cl)C(=O)CN(c1ccc(Cl)c(C(F)(F)F)c1)S(=O)(=O)c1ccc(C)cc1. The molecule has 0 heterocycles. The summed E-state index contributed by atoms with van der Waals surface area (Å²) in [6.07, 6.45) is -4.31. The Bertz CT molecular complexity index is 1930. The van der Waals surface area contributed by atoms with Crippen LogP contribution in [0.1, 0.15) is 42.5 Å². The van der Waals surface area contributed by atoms with Crippen LogP contribution < -0.4 is 9.62 Å². The van der Waals surface area contributed by atoms with Gasteiger partial charge in [-0.2, -0.15) is 13.2 Å². The van der Waals surface area contributed by atoms with E-state index in [0.717, 1.165) is 17.7 Å². The second kappa shape index (κ2) is 16.5. The molecule has 0 aromatic heterocycles. The topological polar surface area (TPSA) is 86.8 Å². The molecule has 14 heteroatoms. The number of nitrogens with zero attached hydrogens (tertiary/aromatic N) is 2. The first-order chi connectivity index (χ1) is 23.5. The lowest BCUT2D eigenvalue weighted by molar-refractivity contribution is -0.140. The fraction of sp³-hybridized carbons (Fsp3) is 0.278. The molecule has 0 fully saturated rings. The average molecular weight is 769 g/mol. The van der Waals surface area contributed by atoms with Crippen molar-refractivity contribution < 1.29 is 31.2 Å². The summed E-state index contributed by atoms with van der Waals surface area (Å²) in [7, 11) is -4.66. The predicted octanol–water partition coefficient (Wildman–Crippen LogP) is 8.72. The molecule has 266 valence electrons. The largest absolute Gasteiger partial charge is 0.417 e. The third kappa shape index (κ3) is 9.72. The monoisotopic (exact) mass is 767 g/mol. The van der Waals surface area contributed by atoms with Gasteiger partial charge in [-0.25, -0.2) is 8.42 Å². The van der Waals surface area contributed by atoms with Gasteiger partial charge in [0.25, 0.3) is 10.0 Å². The molecule has 4 aromatic carbocycles. The molecule has 4 rings (SSSR count). The number of sulfonamides is 1. The molecule has 2 unspecified atom stereocenters. The third-order valence-corrected chi connectivity index (χ3v) is 10.8. The lowest BCUT2D eigenvalue weighted by Gasteiger charge is -2.34. The molecule has 7 nitrogen and oxygen atoms in total. The highest BCUT2D eigenvalue weighted by Gasteiger charge is 2.38. The fourth-order valence-corrected chi connectivity index (χ4v) is 7.18. The standard InChI is InChI=1S/C36H35Cl3F3N3O4S/c1-4-24(3)43-35(47)33(18-25-8-6-5-7-9-25)44(21-26-12-13-27(37)19-32(26)39)34(46)22-45(50(48,49)29-15-10-23(2)11-16-29)28-14-17-31(38)30(20-28)36(40,41)42/h5-17,19-20,24,33H,4,18,21-22H2,1-3H3,(H,43,47). The Hall–Kier alpha value is -3.77. The molecule has 50 heavy (non-hydrogen) atoms. The van der Waals surface area contributed by atoms with Gasteiger partial charge < -0.3 is 10.2 Å². The van der Waals surface area contributed by atoms with Gasteiger partial charge in [0.05, 0.1) is 21.2 Å². The van der Waals surface area contributed by atoms with Crippen LogP contribution in [-0.2, 0) is 38.8 Å². The van der Waals surface area contributed by atoms with E-state index in [-0.39, 0.29) is 28.9 Å². The van der Waals surface area contributed by atoms with Crippen LogP contribution in [0.25, 0.3) is 0 Å². The first-order valence-corrected chi connectivity index (χ1v) is 18.1. The number of rotatable bonds is 13. The second-order valence-electron chi connectivity index (χ2n) is 11.8. The smallest absolute Gasteiger partial charge is 0.352 e. The van der Waals surface area contributed by atoms with Crippen molar-refractivity contribution in [2.75, 3.05) is 10.8 Å². The maximum atomic E-state index is 14.6. The fourth-order valence-electron chi connectivity index (χ4n) is 5.08. The van der Waals surface area contributed by atoms with E-state index in [1.54, 1.807) is 56.3 Å². The zero-order valence-electron chi connectivity index (χ0n) is 27.3. The van der Waals surface area contributed by atoms with E-state index in [1.165, 1.54) is 35.2 Å². The van der Waals surface area contributed by atoms with Crippen LogP contribution >= 0.6 is 34.8 Å². The Balaban J connectivity index is 1.89. The van der Waals surface area contributed by atoms with Crippen LogP contribution in [-0.4, -0.2) is 43.8 Å². The molecule has 1 N–H and O–H groups in total. The summed E-state index contributed by atoms with van der Waals surface area (Å²) in [5.74, 6) is -1.39. The van der Waals surface area contributed by atoms with Crippen LogP contribution in [0.4, 0.5) is 18.9 Å². The molecule has 0 radical (unpaired) electrons. The highest BCUT2D eigenvalue weighted by Crippen LogP contribution is 2.38. The minimum absolute atomic E-state index is 0.0317. The Labute approximate surface area is 305 Å².